The Kier molecular flexibility index (Phi) is 3.99. The van der Waals surface area contributed by atoms with Gasteiger partial charge in [0.15, 0.2) is 0 Å². The molecule has 4 heteroatoms. The zero-order chi connectivity index (χ0) is 14.8. The number of rotatable bonds is 4. The van der Waals surface area contributed by atoms with Gasteiger partial charge in [0, 0.05) is 17.5 Å². The molecule has 2 N–H and O–H groups in total. The second-order valence-corrected chi connectivity index (χ2v) is 5.89. The van der Waals surface area contributed by atoms with Crippen molar-refractivity contribution in [1.82, 2.24) is 5.32 Å². The highest BCUT2D eigenvalue weighted by Gasteiger charge is 2.12. The van der Waals surface area contributed by atoms with Crippen molar-refractivity contribution in [3.05, 3.63) is 64.3 Å². The molecular formula is C17H16BrNO2. The quantitative estimate of drug-likeness (QED) is 0.716. The lowest BCUT2D eigenvalue weighted by atomic mass is 10.1. The van der Waals surface area contributed by atoms with E-state index in [-0.39, 0.29) is 11.8 Å². The molecule has 0 radical (unpaired) electrons. The molecule has 21 heavy (non-hydrogen) atoms. The van der Waals surface area contributed by atoms with Crippen LogP contribution >= 0.6 is 15.9 Å². The van der Waals surface area contributed by atoms with E-state index in [1.54, 1.807) is 0 Å². The summed E-state index contributed by atoms with van der Waals surface area (Å²) in [5.41, 5.74) is 1.75. The average Bonchev–Trinajstić information content (AvgIpc) is 2.92. The highest BCUT2D eigenvalue weighted by atomic mass is 79.9. The summed E-state index contributed by atoms with van der Waals surface area (Å²) in [6.07, 6.45) is 0. The maximum Gasteiger partial charge on any atom is 0.134 e. The van der Waals surface area contributed by atoms with E-state index in [1.807, 2.05) is 55.5 Å². The first kappa shape index (κ1) is 14.2. The smallest absolute Gasteiger partial charge is 0.134 e. The van der Waals surface area contributed by atoms with E-state index in [0.29, 0.717) is 11.0 Å². The molecule has 0 saturated heterocycles. The van der Waals surface area contributed by atoms with Crippen LogP contribution < -0.4 is 5.32 Å². The fourth-order valence-electron chi connectivity index (χ4n) is 2.28. The fourth-order valence-corrected chi connectivity index (χ4v) is 2.69. The molecule has 3 nitrogen and oxygen atoms in total. The number of hydrogen-bond donors (Lipinski definition) is 2. The molecule has 0 aliphatic carbocycles. The van der Waals surface area contributed by atoms with Gasteiger partial charge in [-0.15, -0.1) is 0 Å². The monoisotopic (exact) mass is 345 g/mol. The molecule has 1 aromatic heterocycles. The van der Waals surface area contributed by atoms with Crippen LogP contribution in [0.25, 0.3) is 11.0 Å². The molecule has 0 fully saturated rings. The third kappa shape index (κ3) is 2.96. The van der Waals surface area contributed by atoms with Crippen LogP contribution in [0, 0.1) is 0 Å². The Balaban J connectivity index is 1.74. The minimum Gasteiger partial charge on any atom is -0.506 e. The molecule has 1 unspecified atom stereocenters. The Labute approximate surface area is 131 Å². The van der Waals surface area contributed by atoms with Crippen molar-refractivity contribution in [2.45, 2.75) is 19.5 Å². The molecule has 0 saturated carbocycles. The minimum atomic E-state index is 0.0655. The Hall–Kier alpha value is -1.78. The van der Waals surface area contributed by atoms with Crippen molar-refractivity contribution in [1.29, 1.82) is 0 Å². The highest BCUT2D eigenvalue weighted by Crippen LogP contribution is 2.28. The van der Waals surface area contributed by atoms with Gasteiger partial charge in [-0.2, -0.15) is 0 Å². The van der Waals surface area contributed by atoms with Crippen LogP contribution in [0.5, 0.6) is 5.75 Å². The van der Waals surface area contributed by atoms with E-state index >= 15 is 0 Å². The molecule has 0 amide bonds. The van der Waals surface area contributed by atoms with Crippen LogP contribution in [0.1, 0.15) is 24.3 Å². The van der Waals surface area contributed by atoms with Crippen molar-refractivity contribution in [2.24, 2.45) is 0 Å². The number of furan rings is 1. The predicted octanol–water partition coefficient (Wildman–Crippen LogP) is 4.75. The third-order valence-corrected chi connectivity index (χ3v) is 4.18. The maximum atomic E-state index is 9.99. The lowest BCUT2D eigenvalue weighted by Gasteiger charge is -2.12. The van der Waals surface area contributed by atoms with Gasteiger partial charge >= 0.3 is 0 Å². The van der Waals surface area contributed by atoms with E-state index < -0.39 is 0 Å². The van der Waals surface area contributed by atoms with Gasteiger partial charge in [-0.25, -0.2) is 0 Å². The Morgan fingerprint density at radius 3 is 2.81 bits per heavy atom. The van der Waals surface area contributed by atoms with Gasteiger partial charge in [0.25, 0.3) is 0 Å². The molecule has 3 aromatic rings. The summed E-state index contributed by atoms with van der Waals surface area (Å²) < 4.78 is 6.54. The first-order valence-corrected chi connectivity index (χ1v) is 7.62. The zero-order valence-electron chi connectivity index (χ0n) is 11.6. The van der Waals surface area contributed by atoms with E-state index in [0.717, 1.165) is 22.3 Å². The fraction of sp³-hybridized carbons (Fsp3) is 0.176. The van der Waals surface area contributed by atoms with Crippen LogP contribution in [0.15, 0.2) is 57.4 Å². The molecule has 0 aliphatic rings. The number of hydrogen-bond acceptors (Lipinski definition) is 3. The van der Waals surface area contributed by atoms with Gasteiger partial charge in [-0.05, 0) is 41.1 Å². The Morgan fingerprint density at radius 1 is 1.19 bits per heavy atom. The molecule has 0 bridgehead atoms. The topological polar surface area (TPSA) is 45.4 Å². The van der Waals surface area contributed by atoms with E-state index in [9.17, 15) is 5.11 Å². The summed E-state index contributed by atoms with van der Waals surface area (Å²) in [4.78, 5) is 0. The average molecular weight is 346 g/mol. The summed E-state index contributed by atoms with van der Waals surface area (Å²) in [6, 6.07) is 15.7. The number of halogens is 1. The minimum absolute atomic E-state index is 0.0655. The molecular weight excluding hydrogens is 330 g/mol. The van der Waals surface area contributed by atoms with E-state index in [4.69, 9.17) is 4.42 Å². The second-order valence-electron chi connectivity index (χ2n) is 5.04. The molecule has 1 atom stereocenters. The van der Waals surface area contributed by atoms with Gasteiger partial charge in [0.1, 0.15) is 17.1 Å². The lowest BCUT2D eigenvalue weighted by Crippen LogP contribution is -2.17. The van der Waals surface area contributed by atoms with Crippen molar-refractivity contribution < 1.29 is 9.52 Å². The zero-order valence-corrected chi connectivity index (χ0v) is 13.2. The Morgan fingerprint density at radius 2 is 2.00 bits per heavy atom. The molecule has 2 aromatic carbocycles. The number of benzene rings is 2. The van der Waals surface area contributed by atoms with Crippen LogP contribution in [-0.2, 0) is 6.54 Å². The van der Waals surface area contributed by atoms with Crippen LogP contribution in [0.2, 0.25) is 0 Å². The van der Waals surface area contributed by atoms with Crippen molar-refractivity contribution in [3.8, 4) is 5.75 Å². The Bertz CT molecular complexity index is 733. The highest BCUT2D eigenvalue weighted by molar-refractivity contribution is 9.10. The largest absolute Gasteiger partial charge is 0.506 e. The van der Waals surface area contributed by atoms with Gasteiger partial charge in [0.05, 0.1) is 10.5 Å². The van der Waals surface area contributed by atoms with Crippen molar-refractivity contribution in [3.63, 3.8) is 0 Å². The van der Waals surface area contributed by atoms with Gasteiger partial charge in [-0.3, -0.25) is 0 Å². The lowest BCUT2D eigenvalue weighted by molar-refractivity contribution is 0.434. The van der Waals surface area contributed by atoms with Crippen LogP contribution in [0.4, 0.5) is 0 Å². The molecule has 108 valence electrons. The van der Waals surface area contributed by atoms with Crippen LogP contribution in [0.3, 0.4) is 0 Å². The van der Waals surface area contributed by atoms with E-state index in [1.165, 1.54) is 0 Å². The maximum absolute atomic E-state index is 9.99. The van der Waals surface area contributed by atoms with Gasteiger partial charge < -0.3 is 14.8 Å². The number of nitrogens with one attached hydrogen (secondary N) is 1. The molecule has 1 heterocycles. The van der Waals surface area contributed by atoms with E-state index in [2.05, 4.69) is 21.2 Å². The number of aromatic hydroxyl groups is 1. The van der Waals surface area contributed by atoms with Crippen LogP contribution in [-0.4, -0.2) is 5.11 Å². The summed E-state index contributed by atoms with van der Waals surface area (Å²) in [6.45, 7) is 2.62. The second kappa shape index (κ2) is 5.92. The number of phenolic OH excluding ortho intramolecular Hbond substituents is 1. The predicted molar refractivity (Wildman–Crippen MR) is 87.3 cm³/mol. The number of para-hydroxylation sites is 2. The van der Waals surface area contributed by atoms with Crippen molar-refractivity contribution in [2.75, 3.05) is 0 Å². The van der Waals surface area contributed by atoms with Gasteiger partial charge in [0.2, 0.25) is 0 Å². The first-order valence-electron chi connectivity index (χ1n) is 6.83. The van der Waals surface area contributed by atoms with Gasteiger partial charge in [-0.1, -0.05) is 30.3 Å². The number of fused-ring (bicyclic) bond motifs is 1. The first-order chi connectivity index (χ1) is 10.1. The normalized spacial score (nSPS) is 12.7. The standard InChI is InChI=1S/C17H16BrNO2/c1-11(16-9-12-5-2-3-8-15(12)21-16)19-10-13-6-4-7-14(18)17(13)20/h2-9,11,19-20H,10H2,1H3. The molecule has 3 rings (SSSR count). The SMILES string of the molecule is CC(NCc1cccc(Br)c1O)c1cc2ccccc2o1. The molecule has 0 spiro atoms. The number of phenols is 1. The summed E-state index contributed by atoms with van der Waals surface area (Å²) in [7, 11) is 0. The molecule has 0 aliphatic heterocycles. The summed E-state index contributed by atoms with van der Waals surface area (Å²) >= 11 is 3.32. The third-order valence-electron chi connectivity index (χ3n) is 3.54. The summed E-state index contributed by atoms with van der Waals surface area (Å²) in [5.74, 6) is 1.17. The summed E-state index contributed by atoms with van der Waals surface area (Å²) in [5, 5.41) is 14.5. The van der Waals surface area contributed by atoms with Crippen molar-refractivity contribution >= 4 is 26.9 Å².